The third-order valence-corrected chi connectivity index (χ3v) is 5.00. The maximum absolute atomic E-state index is 13.3. The minimum atomic E-state index is -1.33. The molecule has 4 rings (SSSR count). The fourth-order valence-corrected chi connectivity index (χ4v) is 3.46. The molecule has 9 heteroatoms. The summed E-state index contributed by atoms with van der Waals surface area (Å²) in [5, 5.41) is 5.29. The van der Waals surface area contributed by atoms with Crippen LogP contribution in [0, 0.1) is 5.82 Å². The number of benzene rings is 2. The molecule has 2 heterocycles. The molecule has 8 nitrogen and oxygen atoms in total. The van der Waals surface area contributed by atoms with Crippen molar-refractivity contribution < 1.29 is 28.2 Å². The van der Waals surface area contributed by atoms with E-state index >= 15 is 0 Å². The fraction of sp³-hybridized carbons (Fsp3) is 0.250. The van der Waals surface area contributed by atoms with Crippen LogP contribution in [0.4, 0.5) is 14.9 Å². The van der Waals surface area contributed by atoms with Gasteiger partial charge in [-0.2, -0.15) is 0 Å². The Morgan fingerprint density at radius 2 is 1.90 bits per heavy atom. The minimum Gasteiger partial charge on any atom is -0.454 e. The molecule has 2 aromatic carbocycles. The molecule has 0 aliphatic carbocycles. The van der Waals surface area contributed by atoms with Crippen molar-refractivity contribution in [2.24, 2.45) is 0 Å². The molecule has 4 amide bonds. The summed E-state index contributed by atoms with van der Waals surface area (Å²) in [6.45, 7) is 1.39. The standard InChI is InChI=1S/C20H18FN3O5/c1-2-20(12-3-5-13(21)6-4-12)18(26)24(19(27)23-20)10-17(25)22-14-7-8-15-16(9-14)29-11-28-15/h3-9H,2,10-11H2,1H3,(H,22,25)(H,23,27). The van der Waals surface area contributed by atoms with E-state index in [-0.39, 0.29) is 13.2 Å². The highest BCUT2D eigenvalue weighted by molar-refractivity contribution is 6.10. The number of anilines is 1. The lowest BCUT2D eigenvalue weighted by Gasteiger charge is -2.25. The molecule has 150 valence electrons. The first kappa shape index (κ1) is 18.7. The fourth-order valence-electron chi connectivity index (χ4n) is 3.46. The number of nitrogens with one attached hydrogen (secondary N) is 2. The highest BCUT2D eigenvalue weighted by Crippen LogP contribution is 2.35. The number of hydrogen-bond acceptors (Lipinski definition) is 5. The molecule has 0 aromatic heterocycles. The van der Waals surface area contributed by atoms with Gasteiger partial charge in [0.1, 0.15) is 17.9 Å². The minimum absolute atomic E-state index is 0.109. The average Bonchev–Trinajstić information content (AvgIpc) is 3.26. The number of fused-ring (bicyclic) bond motifs is 1. The quantitative estimate of drug-likeness (QED) is 0.753. The summed E-state index contributed by atoms with van der Waals surface area (Å²) in [6.07, 6.45) is 0.253. The molecular formula is C20H18FN3O5. The zero-order valence-corrected chi connectivity index (χ0v) is 15.5. The van der Waals surface area contributed by atoms with Gasteiger partial charge in [-0.05, 0) is 36.2 Å². The summed E-state index contributed by atoms with van der Waals surface area (Å²) in [7, 11) is 0. The Labute approximate surface area is 165 Å². The number of carbonyl (C=O) groups is 3. The molecule has 2 aliphatic rings. The van der Waals surface area contributed by atoms with Gasteiger partial charge in [0.05, 0.1) is 0 Å². The Morgan fingerprint density at radius 3 is 2.62 bits per heavy atom. The Balaban J connectivity index is 1.50. The zero-order chi connectivity index (χ0) is 20.6. The van der Waals surface area contributed by atoms with E-state index in [1.165, 1.54) is 24.3 Å². The van der Waals surface area contributed by atoms with Crippen LogP contribution in [0.5, 0.6) is 11.5 Å². The third kappa shape index (κ3) is 3.24. The first-order chi connectivity index (χ1) is 13.9. The van der Waals surface area contributed by atoms with E-state index in [0.717, 1.165) is 4.90 Å². The van der Waals surface area contributed by atoms with Crippen molar-refractivity contribution in [2.45, 2.75) is 18.9 Å². The second kappa shape index (κ2) is 7.08. The second-order valence-corrected chi connectivity index (χ2v) is 6.70. The van der Waals surface area contributed by atoms with Gasteiger partial charge >= 0.3 is 6.03 Å². The van der Waals surface area contributed by atoms with Gasteiger partial charge in [-0.15, -0.1) is 0 Å². The number of carbonyl (C=O) groups excluding carboxylic acids is 3. The number of amides is 4. The van der Waals surface area contributed by atoms with Gasteiger partial charge in [-0.25, -0.2) is 9.18 Å². The van der Waals surface area contributed by atoms with Crippen molar-refractivity contribution in [3.05, 3.63) is 53.8 Å². The molecule has 0 bridgehead atoms. The summed E-state index contributed by atoms with van der Waals surface area (Å²) in [5.74, 6) is -0.476. The molecule has 1 atom stereocenters. The summed E-state index contributed by atoms with van der Waals surface area (Å²) < 4.78 is 23.7. The molecule has 2 aromatic rings. The number of rotatable bonds is 5. The van der Waals surface area contributed by atoms with Crippen LogP contribution in [-0.2, 0) is 15.1 Å². The molecule has 1 unspecified atom stereocenters. The predicted molar refractivity (Wildman–Crippen MR) is 99.8 cm³/mol. The van der Waals surface area contributed by atoms with Gasteiger partial charge in [0, 0.05) is 11.8 Å². The number of ether oxygens (including phenoxy) is 2. The normalized spacial score (nSPS) is 20.0. The van der Waals surface area contributed by atoms with E-state index in [1.54, 1.807) is 25.1 Å². The van der Waals surface area contributed by atoms with Crippen LogP contribution in [0.1, 0.15) is 18.9 Å². The van der Waals surface area contributed by atoms with E-state index in [9.17, 15) is 18.8 Å². The highest BCUT2D eigenvalue weighted by atomic mass is 19.1. The van der Waals surface area contributed by atoms with E-state index in [0.29, 0.717) is 22.7 Å². The number of imide groups is 1. The highest BCUT2D eigenvalue weighted by Gasteiger charge is 2.51. The van der Waals surface area contributed by atoms with Crippen molar-refractivity contribution in [1.82, 2.24) is 10.2 Å². The van der Waals surface area contributed by atoms with E-state index in [1.807, 2.05) is 0 Å². The summed E-state index contributed by atoms with van der Waals surface area (Å²) in [6, 6.07) is 9.56. The number of urea groups is 1. The Morgan fingerprint density at radius 1 is 1.17 bits per heavy atom. The smallest absolute Gasteiger partial charge is 0.325 e. The lowest BCUT2D eigenvalue weighted by molar-refractivity contribution is -0.134. The molecule has 2 aliphatic heterocycles. The molecule has 0 radical (unpaired) electrons. The van der Waals surface area contributed by atoms with Gasteiger partial charge in [0.25, 0.3) is 5.91 Å². The number of halogens is 1. The van der Waals surface area contributed by atoms with Crippen molar-refractivity contribution in [1.29, 1.82) is 0 Å². The molecule has 29 heavy (non-hydrogen) atoms. The molecule has 1 fully saturated rings. The summed E-state index contributed by atoms with van der Waals surface area (Å²) in [5.41, 5.74) is -0.422. The van der Waals surface area contributed by atoms with Crippen molar-refractivity contribution in [2.75, 3.05) is 18.7 Å². The van der Waals surface area contributed by atoms with Gasteiger partial charge < -0.3 is 20.1 Å². The van der Waals surface area contributed by atoms with E-state index < -0.39 is 35.7 Å². The summed E-state index contributed by atoms with van der Waals surface area (Å²) >= 11 is 0. The van der Waals surface area contributed by atoms with E-state index in [4.69, 9.17) is 9.47 Å². The average molecular weight is 399 g/mol. The van der Waals surface area contributed by atoms with Crippen molar-refractivity contribution in [3.63, 3.8) is 0 Å². The van der Waals surface area contributed by atoms with Crippen molar-refractivity contribution in [3.8, 4) is 11.5 Å². The van der Waals surface area contributed by atoms with Gasteiger partial charge in [0.15, 0.2) is 11.5 Å². The van der Waals surface area contributed by atoms with Gasteiger partial charge in [-0.1, -0.05) is 19.1 Å². The monoisotopic (exact) mass is 399 g/mol. The van der Waals surface area contributed by atoms with Crippen LogP contribution in [0.25, 0.3) is 0 Å². The largest absolute Gasteiger partial charge is 0.454 e. The summed E-state index contributed by atoms with van der Waals surface area (Å²) in [4.78, 5) is 38.8. The maximum atomic E-state index is 13.3. The van der Waals surface area contributed by atoms with Crippen LogP contribution < -0.4 is 20.1 Å². The first-order valence-electron chi connectivity index (χ1n) is 9.02. The van der Waals surface area contributed by atoms with Crippen LogP contribution in [-0.4, -0.2) is 36.1 Å². The molecule has 0 saturated carbocycles. The van der Waals surface area contributed by atoms with Crippen molar-refractivity contribution >= 4 is 23.5 Å². The first-order valence-corrected chi connectivity index (χ1v) is 9.02. The zero-order valence-electron chi connectivity index (χ0n) is 15.5. The van der Waals surface area contributed by atoms with Crippen LogP contribution >= 0.6 is 0 Å². The van der Waals surface area contributed by atoms with Gasteiger partial charge in [0.2, 0.25) is 12.7 Å². The lowest BCUT2D eigenvalue weighted by Crippen LogP contribution is -2.44. The Bertz CT molecular complexity index is 994. The van der Waals surface area contributed by atoms with Crippen LogP contribution in [0.3, 0.4) is 0 Å². The van der Waals surface area contributed by atoms with Crippen LogP contribution in [0.15, 0.2) is 42.5 Å². The lowest BCUT2D eigenvalue weighted by atomic mass is 9.87. The number of hydrogen-bond donors (Lipinski definition) is 2. The SMILES string of the molecule is CCC1(c2ccc(F)cc2)NC(=O)N(CC(=O)Nc2ccc3c(c2)OCO3)C1=O. The molecule has 2 N–H and O–H groups in total. The number of nitrogens with zero attached hydrogens (tertiary/aromatic N) is 1. The predicted octanol–water partition coefficient (Wildman–Crippen LogP) is 2.35. The Kier molecular flexibility index (Phi) is 4.57. The maximum Gasteiger partial charge on any atom is 0.325 e. The second-order valence-electron chi connectivity index (χ2n) is 6.70. The topological polar surface area (TPSA) is 97.0 Å². The molecule has 0 spiro atoms. The van der Waals surface area contributed by atoms with E-state index in [2.05, 4.69) is 10.6 Å². The van der Waals surface area contributed by atoms with Gasteiger partial charge in [-0.3, -0.25) is 14.5 Å². The Hall–Kier alpha value is -3.62. The third-order valence-electron chi connectivity index (χ3n) is 5.00. The molecule has 1 saturated heterocycles. The molecular weight excluding hydrogens is 381 g/mol. The van der Waals surface area contributed by atoms with Crippen LogP contribution in [0.2, 0.25) is 0 Å².